The standard InChI is InChI=1S/C23H23NO5/c1-15-19(23(27)28-3)13-18(29-15)14-24(2)22(26)20-12-17(9-10-21(20)25)11-16-7-5-4-6-8-16/h4-10,12-13,25H,11,14H2,1-3H3. The first-order valence-corrected chi connectivity index (χ1v) is 9.18. The van der Waals surface area contributed by atoms with Crippen LogP contribution in [0.15, 0.2) is 59.0 Å². The zero-order valence-electron chi connectivity index (χ0n) is 16.6. The Balaban J connectivity index is 1.77. The molecule has 0 radical (unpaired) electrons. The number of phenols is 1. The van der Waals surface area contributed by atoms with E-state index in [1.807, 2.05) is 30.3 Å². The number of hydrogen-bond donors (Lipinski definition) is 1. The lowest BCUT2D eigenvalue weighted by Gasteiger charge is -2.17. The summed E-state index contributed by atoms with van der Waals surface area (Å²) < 4.78 is 10.3. The molecule has 1 heterocycles. The number of aryl methyl sites for hydroxylation is 1. The van der Waals surface area contributed by atoms with Crippen LogP contribution in [-0.2, 0) is 17.7 Å². The smallest absolute Gasteiger partial charge is 0.341 e. The van der Waals surface area contributed by atoms with Gasteiger partial charge in [0.2, 0.25) is 0 Å². The maximum Gasteiger partial charge on any atom is 0.341 e. The number of carbonyl (C=O) groups excluding carboxylic acids is 2. The second-order valence-electron chi connectivity index (χ2n) is 6.85. The highest BCUT2D eigenvalue weighted by atomic mass is 16.5. The molecule has 6 nitrogen and oxygen atoms in total. The predicted molar refractivity (Wildman–Crippen MR) is 108 cm³/mol. The summed E-state index contributed by atoms with van der Waals surface area (Å²) in [6, 6.07) is 16.5. The number of carbonyl (C=O) groups is 2. The van der Waals surface area contributed by atoms with Crippen LogP contribution in [0, 0.1) is 6.92 Å². The molecule has 1 aromatic heterocycles. The zero-order valence-corrected chi connectivity index (χ0v) is 16.6. The summed E-state index contributed by atoms with van der Waals surface area (Å²) in [6.45, 7) is 1.81. The summed E-state index contributed by atoms with van der Waals surface area (Å²) in [4.78, 5) is 26.0. The van der Waals surface area contributed by atoms with E-state index in [-0.39, 0.29) is 23.8 Å². The van der Waals surface area contributed by atoms with Crippen LogP contribution in [0.25, 0.3) is 0 Å². The van der Waals surface area contributed by atoms with E-state index in [9.17, 15) is 14.7 Å². The van der Waals surface area contributed by atoms with Gasteiger partial charge in [0.15, 0.2) is 0 Å². The topological polar surface area (TPSA) is 80.0 Å². The fourth-order valence-corrected chi connectivity index (χ4v) is 3.14. The second-order valence-corrected chi connectivity index (χ2v) is 6.85. The molecule has 0 unspecified atom stereocenters. The van der Waals surface area contributed by atoms with E-state index in [1.54, 1.807) is 32.2 Å². The van der Waals surface area contributed by atoms with E-state index in [2.05, 4.69) is 0 Å². The molecule has 3 rings (SSSR count). The van der Waals surface area contributed by atoms with Gasteiger partial charge in [0.25, 0.3) is 5.91 Å². The van der Waals surface area contributed by atoms with E-state index < -0.39 is 5.97 Å². The minimum Gasteiger partial charge on any atom is -0.507 e. The normalized spacial score (nSPS) is 10.6. The number of ether oxygens (including phenoxy) is 1. The number of phenolic OH excluding ortho intramolecular Hbond substituents is 1. The Kier molecular flexibility index (Phi) is 6.02. The van der Waals surface area contributed by atoms with Crippen LogP contribution in [-0.4, -0.2) is 36.0 Å². The number of nitrogens with zero attached hydrogens (tertiary/aromatic N) is 1. The average Bonchev–Trinajstić information content (AvgIpc) is 3.09. The quantitative estimate of drug-likeness (QED) is 0.642. The molecule has 3 aromatic rings. The molecule has 0 aliphatic heterocycles. The first-order valence-electron chi connectivity index (χ1n) is 9.18. The maximum atomic E-state index is 12.9. The summed E-state index contributed by atoms with van der Waals surface area (Å²) in [5.41, 5.74) is 2.59. The van der Waals surface area contributed by atoms with E-state index in [4.69, 9.17) is 9.15 Å². The fourth-order valence-electron chi connectivity index (χ4n) is 3.14. The lowest BCUT2D eigenvalue weighted by atomic mass is 10.0. The molecule has 1 amide bonds. The number of methoxy groups -OCH3 is 1. The van der Waals surface area contributed by atoms with Gasteiger partial charge in [-0.2, -0.15) is 0 Å². The highest BCUT2D eigenvalue weighted by molar-refractivity contribution is 5.97. The van der Waals surface area contributed by atoms with Gasteiger partial charge in [-0.25, -0.2) is 4.79 Å². The first kappa shape index (κ1) is 20.2. The largest absolute Gasteiger partial charge is 0.507 e. The zero-order chi connectivity index (χ0) is 21.0. The summed E-state index contributed by atoms with van der Waals surface area (Å²) in [5, 5.41) is 10.2. The third-order valence-corrected chi connectivity index (χ3v) is 4.66. The van der Waals surface area contributed by atoms with Crippen molar-refractivity contribution in [1.82, 2.24) is 4.90 Å². The van der Waals surface area contributed by atoms with Crippen LogP contribution >= 0.6 is 0 Å². The molecule has 0 bridgehead atoms. The number of rotatable bonds is 6. The van der Waals surface area contributed by atoms with Gasteiger partial charge in [-0.1, -0.05) is 36.4 Å². The molecule has 0 aliphatic rings. The molecular weight excluding hydrogens is 370 g/mol. The van der Waals surface area contributed by atoms with Crippen molar-refractivity contribution in [1.29, 1.82) is 0 Å². The first-order chi connectivity index (χ1) is 13.9. The molecule has 0 atom stereocenters. The lowest BCUT2D eigenvalue weighted by Crippen LogP contribution is -2.26. The Bertz CT molecular complexity index is 1020. The third kappa shape index (κ3) is 4.66. The molecule has 6 heteroatoms. The van der Waals surface area contributed by atoms with Crippen LogP contribution in [0.2, 0.25) is 0 Å². The summed E-state index contributed by atoms with van der Waals surface area (Å²) in [7, 11) is 2.91. The number of amides is 1. The molecule has 150 valence electrons. The Morgan fingerprint density at radius 2 is 1.76 bits per heavy atom. The van der Waals surface area contributed by atoms with Crippen molar-refractivity contribution in [3.8, 4) is 5.75 Å². The van der Waals surface area contributed by atoms with Gasteiger partial charge in [-0.15, -0.1) is 0 Å². The summed E-state index contributed by atoms with van der Waals surface area (Å²) in [6.07, 6.45) is 0.658. The Morgan fingerprint density at radius 1 is 1.03 bits per heavy atom. The second kappa shape index (κ2) is 8.65. The van der Waals surface area contributed by atoms with Crippen LogP contribution in [0.5, 0.6) is 5.75 Å². The average molecular weight is 393 g/mol. The van der Waals surface area contributed by atoms with Crippen molar-refractivity contribution in [2.45, 2.75) is 19.9 Å². The number of furan rings is 1. The monoisotopic (exact) mass is 393 g/mol. The highest BCUT2D eigenvalue weighted by Gasteiger charge is 2.20. The number of aromatic hydroxyl groups is 1. The number of hydrogen-bond acceptors (Lipinski definition) is 5. The molecule has 0 saturated heterocycles. The van der Waals surface area contributed by atoms with Crippen molar-refractivity contribution >= 4 is 11.9 Å². The van der Waals surface area contributed by atoms with Crippen LogP contribution in [0.3, 0.4) is 0 Å². The molecule has 0 spiro atoms. The predicted octanol–water partition coefficient (Wildman–Crippen LogP) is 3.94. The van der Waals surface area contributed by atoms with Crippen molar-refractivity contribution in [3.05, 3.63) is 88.4 Å². The SMILES string of the molecule is COC(=O)c1cc(CN(C)C(=O)c2cc(Cc3ccccc3)ccc2O)oc1C. The lowest BCUT2D eigenvalue weighted by molar-refractivity contribution is 0.0598. The van der Waals surface area contributed by atoms with Crippen molar-refractivity contribution in [2.24, 2.45) is 0 Å². The van der Waals surface area contributed by atoms with E-state index in [0.29, 0.717) is 23.5 Å². The molecule has 29 heavy (non-hydrogen) atoms. The van der Waals surface area contributed by atoms with Crippen LogP contribution < -0.4 is 0 Å². The van der Waals surface area contributed by atoms with Gasteiger partial charge in [-0.3, -0.25) is 4.79 Å². The molecule has 0 fully saturated rings. The molecule has 2 aromatic carbocycles. The van der Waals surface area contributed by atoms with Crippen molar-refractivity contribution in [2.75, 3.05) is 14.2 Å². The summed E-state index contributed by atoms with van der Waals surface area (Å²) >= 11 is 0. The molecular formula is C23H23NO5. The van der Waals surface area contributed by atoms with Crippen molar-refractivity contribution < 1.29 is 23.8 Å². The Labute approximate surface area is 169 Å². The van der Waals surface area contributed by atoms with Gasteiger partial charge < -0.3 is 19.2 Å². The summed E-state index contributed by atoms with van der Waals surface area (Å²) in [5.74, 6) is -0.0209. The molecule has 0 saturated carbocycles. The molecule has 0 aliphatic carbocycles. The Morgan fingerprint density at radius 3 is 2.45 bits per heavy atom. The minimum absolute atomic E-state index is 0.0791. The maximum absolute atomic E-state index is 12.9. The minimum atomic E-state index is -0.488. The van der Waals surface area contributed by atoms with Gasteiger partial charge in [-0.05, 0) is 42.7 Å². The molecule has 1 N–H and O–H groups in total. The number of esters is 1. The number of benzene rings is 2. The van der Waals surface area contributed by atoms with Gasteiger partial charge in [0, 0.05) is 7.05 Å². The van der Waals surface area contributed by atoms with Crippen LogP contribution in [0.1, 0.15) is 43.4 Å². The van der Waals surface area contributed by atoms with Gasteiger partial charge in [0.1, 0.15) is 22.8 Å². The van der Waals surface area contributed by atoms with Gasteiger partial charge in [0.05, 0.1) is 19.2 Å². The van der Waals surface area contributed by atoms with Gasteiger partial charge >= 0.3 is 5.97 Å². The fraction of sp³-hybridized carbons (Fsp3) is 0.217. The van der Waals surface area contributed by atoms with E-state index in [0.717, 1.165) is 11.1 Å². The third-order valence-electron chi connectivity index (χ3n) is 4.66. The van der Waals surface area contributed by atoms with E-state index in [1.165, 1.54) is 18.1 Å². The van der Waals surface area contributed by atoms with E-state index >= 15 is 0 Å². The highest BCUT2D eigenvalue weighted by Crippen LogP contribution is 2.23. The van der Waals surface area contributed by atoms with Crippen molar-refractivity contribution in [3.63, 3.8) is 0 Å². The Hall–Kier alpha value is -3.54. The van der Waals surface area contributed by atoms with Crippen LogP contribution in [0.4, 0.5) is 0 Å².